The van der Waals surface area contributed by atoms with Gasteiger partial charge < -0.3 is 14.6 Å². The average Bonchev–Trinajstić information content (AvgIpc) is 2.57. The summed E-state index contributed by atoms with van der Waals surface area (Å²) >= 11 is 0. The maximum absolute atomic E-state index is 12.7. The van der Waals surface area contributed by atoms with E-state index in [1.165, 1.54) is 36.5 Å². The number of hydrogen-bond acceptors (Lipinski definition) is 5. The molecule has 0 bridgehead atoms. The fourth-order valence-corrected chi connectivity index (χ4v) is 1.77. The summed E-state index contributed by atoms with van der Waals surface area (Å²) in [6, 6.07) is 10.0. The SMILES string of the molecule is CCOc1cc(/C=N\NC(=O)COc2ccc(F)cc2)ccc1O. The number of rotatable bonds is 7. The van der Waals surface area contributed by atoms with Crippen LogP contribution in [0.1, 0.15) is 12.5 Å². The predicted molar refractivity (Wildman–Crippen MR) is 86.9 cm³/mol. The summed E-state index contributed by atoms with van der Waals surface area (Å²) < 4.78 is 23.2. The lowest BCUT2D eigenvalue weighted by Gasteiger charge is -2.06. The van der Waals surface area contributed by atoms with Gasteiger partial charge in [-0.2, -0.15) is 5.10 Å². The van der Waals surface area contributed by atoms with Crippen molar-refractivity contribution >= 4 is 12.1 Å². The lowest BCUT2D eigenvalue weighted by molar-refractivity contribution is -0.123. The molecule has 2 aromatic rings. The number of hydrogen-bond donors (Lipinski definition) is 2. The Labute approximate surface area is 138 Å². The first-order valence-corrected chi connectivity index (χ1v) is 7.24. The molecule has 0 spiro atoms. The molecule has 126 valence electrons. The Morgan fingerprint density at radius 2 is 2.00 bits per heavy atom. The molecule has 0 aliphatic carbocycles. The largest absolute Gasteiger partial charge is 0.504 e. The second-order valence-electron chi connectivity index (χ2n) is 4.70. The molecule has 0 heterocycles. The molecule has 0 unspecified atom stereocenters. The molecular formula is C17H17FN2O4. The molecule has 0 atom stereocenters. The van der Waals surface area contributed by atoms with Crippen LogP contribution in [-0.2, 0) is 4.79 Å². The molecular weight excluding hydrogens is 315 g/mol. The Morgan fingerprint density at radius 1 is 1.25 bits per heavy atom. The number of aromatic hydroxyl groups is 1. The number of carbonyl (C=O) groups excluding carboxylic acids is 1. The highest BCUT2D eigenvalue weighted by Crippen LogP contribution is 2.26. The zero-order valence-corrected chi connectivity index (χ0v) is 13.0. The van der Waals surface area contributed by atoms with Gasteiger partial charge in [-0.25, -0.2) is 9.82 Å². The summed E-state index contributed by atoms with van der Waals surface area (Å²) in [7, 11) is 0. The molecule has 24 heavy (non-hydrogen) atoms. The summed E-state index contributed by atoms with van der Waals surface area (Å²) in [6.45, 7) is 1.98. The van der Waals surface area contributed by atoms with Crippen molar-refractivity contribution < 1.29 is 23.8 Å². The standard InChI is InChI=1S/C17H17FN2O4/c1-2-23-16-9-12(3-8-15(16)21)10-19-20-17(22)11-24-14-6-4-13(18)5-7-14/h3-10,21H,2,11H2,1H3,(H,20,22)/b19-10-. The van der Waals surface area contributed by atoms with E-state index in [-0.39, 0.29) is 18.2 Å². The van der Waals surface area contributed by atoms with Crippen molar-refractivity contribution in [1.82, 2.24) is 5.43 Å². The van der Waals surface area contributed by atoms with Gasteiger partial charge in [0, 0.05) is 0 Å². The van der Waals surface area contributed by atoms with Gasteiger partial charge in [-0.05, 0) is 55.0 Å². The number of carbonyl (C=O) groups is 1. The van der Waals surface area contributed by atoms with Crippen molar-refractivity contribution in [3.8, 4) is 17.2 Å². The van der Waals surface area contributed by atoms with Gasteiger partial charge in [-0.1, -0.05) is 0 Å². The number of benzene rings is 2. The van der Waals surface area contributed by atoms with E-state index >= 15 is 0 Å². The third-order valence-electron chi connectivity index (χ3n) is 2.87. The molecule has 1 amide bonds. The minimum atomic E-state index is -0.459. The maximum Gasteiger partial charge on any atom is 0.277 e. The number of halogens is 1. The van der Waals surface area contributed by atoms with E-state index < -0.39 is 5.91 Å². The first-order valence-electron chi connectivity index (χ1n) is 7.24. The highest BCUT2D eigenvalue weighted by molar-refractivity contribution is 5.83. The topological polar surface area (TPSA) is 80.2 Å². The Bertz CT molecular complexity index is 717. The van der Waals surface area contributed by atoms with Crippen molar-refractivity contribution in [2.45, 2.75) is 6.92 Å². The molecule has 2 aromatic carbocycles. The summed E-state index contributed by atoms with van der Waals surface area (Å²) in [5.74, 6) is -0.0790. The lowest BCUT2D eigenvalue weighted by Crippen LogP contribution is -2.24. The zero-order chi connectivity index (χ0) is 17.4. The molecule has 0 fully saturated rings. The Balaban J connectivity index is 1.83. The zero-order valence-electron chi connectivity index (χ0n) is 13.0. The Kier molecular flexibility index (Phi) is 6.13. The molecule has 0 radical (unpaired) electrons. The Hall–Kier alpha value is -3.09. The van der Waals surface area contributed by atoms with E-state index in [2.05, 4.69) is 10.5 Å². The van der Waals surface area contributed by atoms with E-state index in [9.17, 15) is 14.3 Å². The highest BCUT2D eigenvalue weighted by Gasteiger charge is 2.03. The fraction of sp³-hybridized carbons (Fsp3) is 0.176. The lowest BCUT2D eigenvalue weighted by atomic mass is 10.2. The third-order valence-corrected chi connectivity index (χ3v) is 2.87. The van der Waals surface area contributed by atoms with E-state index in [4.69, 9.17) is 9.47 Å². The number of hydrazone groups is 1. The normalized spacial score (nSPS) is 10.6. The highest BCUT2D eigenvalue weighted by atomic mass is 19.1. The van der Waals surface area contributed by atoms with Gasteiger partial charge in [0.2, 0.25) is 0 Å². The molecule has 2 rings (SSSR count). The van der Waals surface area contributed by atoms with Gasteiger partial charge in [0.05, 0.1) is 12.8 Å². The monoisotopic (exact) mass is 332 g/mol. The molecule has 0 aliphatic rings. The molecule has 0 saturated heterocycles. The number of ether oxygens (including phenoxy) is 2. The van der Waals surface area contributed by atoms with E-state index in [0.717, 1.165) is 0 Å². The fourth-order valence-electron chi connectivity index (χ4n) is 1.77. The second kappa shape index (κ2) is 8.52. The van der Waals surface area contributed by atoms with Crippen LogP contribution in [0.15, 0.2) is 47.6 Å². The van der Waals surface area contributed by atoms with Crippen molar-refractivity contribution in [2.75, 3.05) is 13.2 Å². The molecule has 0 saturated carbocycles. The minimum absolute atomic E-state index is 0.0331. The number of phenols is 1. The van der Waals surface area contributed by atoms with Crippen molar-refractivity contribution in [3.05, 3.63) is 53.8 Å². The summed E-state index contributed by atoms with van der Waals surface area (Å²) in [5, 5.41) is 13.4. The van der Waals surface area contributed by atoms with Crippen LogP contribution in [0.4, 0.5) is 4.39 Å². The average molecular weight is 332 g/mol. The van der Waals surface area contributed by atoms with Crippen LogP contribution in [-0.4, -0.2) is 30.4 Å². The van der Waals surface area contributed by atoms with Gasteiger partial charge >= 0.3 is 0 Å². The van der Waals surface area contributed by atoms with Crippen LogP contribution < -0.4 is 14.9 Å². The van der Waals surface area contributed by atoms with E-state index in [1.54, 1.807) is 12.1 Å². The molecule has 2 N–H and O–H groups in total. The van der Waals surface area contributed by atoms with Gasteiger partial charge in [0.1, 0.15) is 11.6 Å². The quantitative estimate of drug-likeness (QED) is 0.603. The summed E-state index contributed by atoms with van der Waals surface area (Å²) in [4.78, 5) is 11.6. The molecule has 6 nitrogen and oxygen atoms in total. The van der Waals surface area contributed by atoms with Gasteiger partial charge in [-0.15, -0.1) is 0 Å². The molecule has 0 aromatic heterocycles. The second-order valence-corrected chi connectivity index (χ2v) is 4.70. The first-order chi connectivity index (χ1) is 11.6. The number of phenolic OH excluding ortho intramolecular Hbond substituents is 1. The minimum Gasteiger partial charge on any atom is -0.504 e. The van der Waals surface area contributed by atoms with Gasteiger partial charge in [0.15, 0.2) is 18.1 Å². The molecule has 7 heteroatoms. The van der Waals surface area contributed by atoms with Crippen LogP contribution in [0.5, 0.6) is 17.2 Å². The van der Waals surface area contributed by atoms with Crippen molar-refractivity contribution in [2.24, 2.45) is 5.10 Å². The summed E-state index contributed by atoms with van der Waals surface area (Å²) in [6.07, 6.45) is 1.41. The van der Waals surface area contributed by atoms with Crippen LogP contribution >= 0.6 is 0 Å². The number of nitrogens with zero attached hydrogens (tertiary/aromatic N) is 1. The van der Waals surface area contributed by atoms with Crippen LogP contribution in [0.25, 0.3) is 0 Å². The predicted octanol–water partition coefficient (Wildman–Crippen LogP) is 2.46. The van der Waals surface area contributed by atoms with Crippen molar-refractivity contribution in [1.29, 1.82) is 0 Å². The Morgan fingerprint density at radius 3 is 2.71 bits per heavy atom. The van der Waals surface area contributed by atoms with E-state index in [1.807, 2.05) is 6.92 Å². The summed E-state index contributed by atoms with van der Waals surface area (Å²) in [5.41, 5.74) is 2.96. The smallest absolute Gasteiger partial charge is 0.277 e. The number of nitrogens with one attached hydrogen (secondary N) is 1. The van der Waals surface area contributed by atoms with Gasteiger partial charge in [0.25, 0.3) is 5.91 Å². The molecule has 0 aliphatic heterocycles. The maximum atomic E-state index is 12.7. The first kappa shape index (κ1) is 17.3. The van der Waals surface area contributed by atoms with Crippen molar-refractivity contribution in [3.63, 3.8) is 0 Å². The van der Waals surface area contributed by atoms with Crippen LogP contribution in [0.3, 0.4) is 0 Å². The van der Waals surface area contributed by atoms with Crippen LogP contribution in [0, 0.1) is 5.82 Å². The van der Waals surface area contributed by atoms with Crippen LogP contribution in [0.2, 0.25) is 0 Å². The van der Waals surface area contributed by atoms with E-state index in [0.29, 0.717) is 23.7 Å². The third kappa shape index (κ3) is 5.28. The number of amides is 1. The van der Waals surface area contributed by atoms with Gasteiger partial charge in [-0.3, -0.25) is 4.79 Å².